The van der Waals surface area contributed by atoms with Gasteiger partial charge in [-0.05, 0) is 49.7 Å². The summed E-state index contributed by atoms with van der Waals surface area (Å²) in [6.45, 7) is 3.62. The van der Waals surface area contributed by atoms with Gasteiger partial charge in [0.15, 0.2) is 0 Å². The van der Waals surface area contributed by atoms with Gasteiger partial charge in [0.2, 0.25) is 0 Å². The number of amides is 1. The van der Waals surface area contributed by atoms with Crippen molar-refractivity contribution in [2.24, 2.45) is 0 Å². The summed E-state index contributed by atoms with van der Waals surface area (Å²) >= 11 is 6.00. The van der Waals surface area contributed by atoms with Crippen molar-refractivity contribution in [3.05, 3.63) is 63.9 Å². The lowest BCUT2D eigenvalue weighted by Gasteiger charge is -2.10. The van der Waals surface area contributed by atoms with E-state index in [9.17, 15) is 9.18 Å². The molecule has 2 rings (SSSR count). The van der Waals surface area contributed by atoms with Crippen LogP contribution >= 0.6 is 11.6 Å². The van der Waals surface area contributed by atoms with Crippen LogP contribution in [-0.2, 0) is 0 Å². The summed E-state index contributed by atoms with van der Waals surface area (Å²) < 4.78 is 13.0. The molecular weight excluding hydrogens is 265 g/mol. The number of rotatable bonds is 2. The summed E-state index contributed by atoms with van der Waals surface area (Å²) in [4.78, 5) is 12.1. The summed E-state index contributed by atoms with van der Waals surface area (Å²) in [6.07, 6.45) is 0. The number of halogens is 2. The number of carbonyl (C=O) groups is 1. The lowest BCUT2D eigenvalue weighted by atomic mass is 10.1. The zero-order valence-corrected chi connectivity index (χ0v) is 11.4. The molecule has 1 N–H and O–H groups in total. The molecule has 0 fully saturated rings. The number of hydrogen-bond donors (Lipinski definition) is 1. The number of anilines is 1. The summed E-state index contributed by atoms with van der Waals surface area (Å²) in [5.41, 5.74) is 2.59. The summed E-state index contributed by atoms with van der Waals surface area (Å²) in [6, 6.07) is 9.45. The molecule has 19 heavy (non-hydrogen) atoms. The monoisotopic (exact) mass is 277 g/mol. The van der Waals surface area contributed by atoms with Crippen LogP contribution in [0.25, 0.3) is 0 Å². The summed E-state index contributed by atoms with van der Waals surface area (Å²) in [5, 5.41) is 3.12. The van der Waals surface area contributed by atoms with Crippen LogP contribution in [0.15, 0.2) is 36.4 Å². The first-order chi connectivity index (χ1) is 8.97. The van der Waals surface area contributed by atoms with Gasteiger partial charge >= 0.3 is 0 Å². The third-order valence-corrected chi connectivity index (χ3v) is 3.13. The quantitative estimate of drug-likeness (QED) is 0.869. The molecule has 2 nitrogen and oxygen atoms in total. The van der Waals surface area contributed by atoms with Gasteiger partial charge in [0, 0.05) is 5.69 Å². The van der Waals surface area contributed by atoms with Gasteiger partial charge in [0.05, 0.1) is 10.6 Å². The molecule has 0 heterocycles. The van der Waals surface area contributed by atoms with E-state index in [0.717, 1.165) is 5.56 Å². The van der Waals surface area contributed by atoms with Crippen molar-refractivity contribution in [2.75, 3.05) is 5.32 Å². The Balaban J connectivity index is 2.28. The van der Waals surface area contributed by atoms with E-state index in [4.69, 9.17) is 11.6 Å². The third kappa shape index (κ3) is 3.12. The van der Waals surface area contributed by atoms with E-state index in [-0.39, 0.29) is 11.7 Å². The molecule has 2 aromatic carbocycles. The zero-order chi connectivity index (χ0) is 14.0. The molecular formula is C15H13ClFNO. The molecule has 0 radical (unpaired) electrons. The third-order valence-electron chi connectivity index (χ3n) is 2.80. The maximum absolute atomic E-state index is 13.0. The van der Waals surface area contributed by atoms with E-state index in [1.807, 2.05) is 13.0 Å². The topological polar surface area (TPSA) is 29.1 Å². The Morgan fingerprint density at radius 1 is 1.16 bits per heavy atom. The first-order valence-corrected chi connectivity index (χ1v) is 6.19. The van der Waals surface area contributed by atoms with Gasteiger partial charge in [-0.1, -0.05) is 23.2 Å². The predicted octanol–water partition coefficient (Wildman–Crippen LogP) is 4.35. The van der Waals surface area contributed by atoms with Gasteiger partial charge in [-0.25, -0.2) is 4.39 Å². The zero-order valence-electron chi connectivity index (χ0n) is 10.6. The van der Waals surface area contributed by atoms with Crippen molar-refractivity contribution >= 4 is 23.2 Å². The second kappa shape index (κ2) is 5.41. The number of hydrogen-bond acceptors (Lipinski definition) is 1. The van der Waals surface area contributed by atoms with Crippen molar-refractivity contribution in [1.29, 1.82) is 0 Å². The lowest BCUT2D eigenvalue weighted by Crippen LogP contribution is -2.13. The smallest absolute Gasteiger partial charge is 0.257 e. The standard InChI is InChI=1S/C15H13ClFNO/c1-9-3-5-13(16)12(7-9)15(19)18-14-6-4-11(17)8-10(14)2/h3-8H,1-2H3,(H,18,19). The summed E-state index contributed by atoms with van der Waals surface area (Å²) in [7, 11) is 0. The molecule has 98 valence electrons. The fourth-order valence-corrected chi connectivity index (χ4v) is 1.97. The van der Waals surface area contributed by atoms with Crippen LogP contribution in [0.3, 0.4) is 0 Å². The minimum absolute atomic E-state index is 0.302. The number of carbonyl (C=O) groups excluding carboxylic acids is 1. The molecule has 0 spiro atoms. The molecule has 0 bridgehead atoms. The maximum Gasteiger partial charge on any atom is 0.257 e. The van der Waals surface area contributed by atoms with Crippen molar-refractivity contribution < 1.29 is 9.18 Å². The fourth-order valence-electron chi connectivity index (χ4n) is 1.77. The average Bonchev–Trinajstić information content (AvgIpc) is 2.35. The number of nitrogens with one attached hydrogen (secondary N) is 1. The second-order valence-electron chi connectivity index (χ2n) is 4.40. The number of aryl methyl sites for hydroxylation is 2. The highest BCUT2D eigenvalue weighted by Crippen LogP contribution is 2.21. The van der Waals surface area contributed by atoms with E-state index >= 15 is 0 Å². The first-order valence-electron chi connectivity index (χ1n) is 5.81. The minimum atomic E-state index is -0.330. The first kappa shape index (κ1) is 13.6. The molecule has 0 saturated heterocycles. The number of benzene rings is 2. The minimum Gasteiger partial charge on any atom is -0.322 e. The molecule has 0 aliphatic rings. The van der Waals surface area contributed by atoms with Crippen LogP contribution in [0.2, 0.25) is 5.02 Å². The predicted molar refractivity (Wildman–Crippen MR) is 75.3 cm³/mol. The Labute approximate surface area is 116 Å². The molecule has 1 amide bonds. The largest absolute Gasteiger partial charge is 0.322 e. The molecule has 0 unspecified atom stereocenters. The van der Waals surface area contributed by atoms with Crippen LogP contribution in [0.1, 0.15) is 21.5 Å². The van der Waals surface area contributed by atoms with E-state index < -0.39 is 0 Å². The lowest BCUT2D eigenvalue weighted by molar-refractivity contribution is 0.102. The van der Waals surface area contributed by atoms with Gasteiger partial charge in [0.25, 0.3) is 5.91 Å². The van der Waals surface area contributed by atoms with Crippen molar-refractivity contribution in [2.45, 2.75) is 13.8 Å². The van der Waals surface area contributed by atoms with E-state index in [1.54, 1.807) is 19.1 Å². The van der Waals surface area contributed by atoms with Crippen LogP contribution in [-0.4, -0.2) is 5.91 Å². The van der Waals surface area contributed by atoms with Crippen molar-refractivity contribution in [3.63, 3.8) is 0 Å². The van der Waals surface area contributed by atoms with Crippen molar-refractivity contribution in [3.8, 4) is 0 Å². The Morgan fingerprint density at radius 2 is 1.89 bits per heavy atom. The van der Waals surface area contributed by atoms with Gasteiger partial charge in [-0.2, -0.15) is 0 Å². The van der Waals surface area contributed by atoms with Crippen LogP contribution < -0.4 is 5.32 Å². The van der Waals surface area contributed by atoms with Crippen molar-refractivity contribution in [1.82, 2.24) is 0 Å². The molecule has 2 aromatic rings. The van der Waals surface area contributed by atoms with Gasteiger partial charge < -0.3 is 5.32 Å². The van der Waals surface area contributed by atoms with E-state index in [2.05, 4.69) is 5.32 Å². The Morgan fingerprint density at radius 3 is 2.58 bits per heavy atom. The molecule has 0 aromatic heterocycles. The Hall–Kier alpha value is -1.87. The normalized spacial score (nSPS) is 10.3. The van der Waals surface area contributed by atoms with Crippen LogP contribution in [0.5, 0.6) is 0 Å². The fraction of sp³-hybridized carbons (Fsp3) is 0.133. The SMILES string of the molecule is Cc1ccc(Cl)c(C(=O)Nc2ccc(F)cc2C)c1. The van der Waals surface area contributed by atoms with E-state index in [0.29, 0.717) is 21.8 Å². The van der Waals surface area contributed by atoms with Gasteiger partial charge in [0.1, 0.15) is 5.82 Å². The highest BCUT2D eigenvalue weighted by atomic mass is 35.5. The van der Waals surface area contributed by atoms with Crippen LogP contribution in [0, 0.1) is 19.7 Å². The van der Waals surface area contributed by atoms with E-state index in [1.165, 1.54) is 18.2 Å². The average molecular weight is 278 g/mol. The molecule has 0 aliphatic carbocycles. The highest BCUT2D eigenvalue weighted by molar-refractivity contribution is 6.34. The molecule has 0 aliphatic heterocycles. The summed E-state index contributed by atoms with van der Waals surface area (Å²) in [5.74, 6) is -0.632. The molecule has 0 saturated carbocycles. The molecule has 0 atom stereocenters. The molecule has 4 heteroatoms. The Bertz CT molecular complexity index is 640. The maximum atomic E-state index is 13.0. The Kier molecular flexibility index (Phi) is 3.86. The van der Waals surface area contributed by atoms with Gasteiger partial charge in [-0.15, -0.1) is 0 Å². The van der Waals surface area contributed by atoms with Gasteiger partial charge in [-0.3, -0.25) is 4.79 Å². The highest BCUT2D eigenvalue weighted by Gasteiger charge is 2.12. The van der Waals surface area contributed by atoms with Crippen LogP contribution in [0.4, 0.5) is 10.1 Å². The second-order valence-corrected chi connectivity index (χ2v) is 4.80.